The van der Waals surface area contributed by atoms with Gasteiger partial charge in [-0.1, -0.05) is 97.1 Å². The molecule has 26 heterocycles. The van der Waals surface area contributed by atoms with E-state index in [0.29, 0.717) is 0 Å². The van der Waals surface area contributed by atoms with Crippen LogP contribution in [0.1, 0.15) is 22.3 Å². The quantitative estimate of drug-likeness (QED) is 0.0817. The van der Waals surface area contributed by atoms with Gasteiger partial charge in [-0.05, 0) is 44.5 Å². The molecule has 0 unspecified atom stereocenters. The van der Waals surface area contributed by atoms with E-state index in [1.54, 1.807) is 0 Å². The number of aromatic nitrogens is 4. The third-order valence-corrected chi connectivity index (χ3v) is 10.2. The third-order valence-electron chi connectivity index (χ3n) is 10.2. The van der Waals surface area contributed by atoms with Crippen molar-refractivity contribution in [3.8, 4) is 44.5 Å². The van der Waals surface area contributed by atoms with Gasteiger partial charge < -0.3 is 0 Å². The number of benzene rings is 4. The zero-order valence-corrected chi connectivity index (χ0v) is 43.5. The van der Waals surface area contributed by atoms with Gasteiger partial charge in [0, 0.05) is 70.8 Å². The second-order valence-electron chi connectivity index (χ2n) is 17.7. The summed E-state index contributed by atoms with van der Waals surface area (Å²) in [6.07, 6.45) is 17.4. The first-order valence-electron chi connectivity index (χ1n) is 22.1. The van der Waals surface area contributed by atoms with Gasteiger partial charge >= 0.3 is 132 Å². The molecule has 0 amide bonds. The van der Waals surface area contributed by atoms with Crippen molar-refractivity contribution in [3.63, 3.8) is 0 Å². The van der Waals surface area contributed by atoms with Crippen LogP contribution in [-0.4, -0.2) is 0 Å². The number of halogens is 24. The third kappa shape index (κ3) is 31.9. The maximum Gasteiger partial charge on any atom is 0.173 e. The van der Waals surface area contributed by atoms with E-state index in [1.165, 1.54) is 66.8 Å². The fourth-order valence-electron chi connectivity index (χ4n) is 7.07. The van der Waals surface area contributed by atoms with Gasteiger partial charge in [0.2, 0.25) is 0 Å². The first-order valence-corrected chi connectivity index (χ1v) is 30.2. The SMILES string of the molecule is F[P-](F)(F)(F)(F)F.F[P-](F)(F)(F)(F)F.F[P-](F)(F)(F)(F)F.F[P-](F)(F)(F)(F)F.c1cc2ccc1C[n+]1ccc(cc1)-c1cc[n+](cc1)Cc1ccc(cc1)-c1ccc(cc1)C[n+]1ccc(cc1)-c1cc[n+](cc1)Cc1ccc-2cc1. The second kappa shape index (κ2) is 19.6. The van der Waals surface area contributed by atoms with Crippen molar-refractivity contribution in [3.05, 3.63) is 217 Å². The summed E-state index contributed by atoms with van der Waals surface area (Å²) in [7, 11) is -42.6. The van der Waals surface area contributed by atoms with Gasteiger partial charge in [0.05, 0.1) is 0 Å². The maximum atomic E-state index is 9.87. The molecular formula is C48H40F24N4P4. The van der Waals surface area contributed by atoms with Crippen LogP contribution in [0.3, 0.4) is 0 Å². The largest absolute Gasteiger partial charge is 0.201 e. The van der Waals surface area contributed by atoms with Crippen molar-refractivity contribution in [1.29, 1.82) is 0 Å². The van der Waals surface area contributed by atoms with Gasteiger partial charge in [0.1, 0.15) is 0 Å². The summed E-state index contributed by atoms with van der Waals surface area (Å²) in [5.41, 5.74) is 14.9. The molecule has 0 spiro atoms. The van der Waals surface area contributed by atoms with Crippen LogP contribution in [0, 0.1) is 0 Å². The molecule has 0 fully saturated rings. The molecule has 0 aliphatic carbocycles. The Hall–Kier alpha value is -6.48. The van der Waals surface area contributed by atoms with Crippen molar-refractivity contribution in [2.24, 2.45) is 0 Å². The standard InChI is InChI=1S/C48H40N4.4F6P/c1-9-41-10-2-37(1)33-49-25-17-45(18-26-49)46-19-27-51(28-20-46)35-39-5-13-43(14-6-39)44-15-7-40(8-16-44)36-52-31-23-48(24-32-52)47-21-29-50(30-22-47)34-38-3-11-42(41)12-4-38;4*1-7(2,3,4,5)6/h1-32H,33-36H2;;;;/q+4;4*-1. The summed E-state index contributed by atoms with van der Waals surface area (Å²) in [5, 5.41) is 0. The van der Waals surface area contributed by atoms with Gasteiger partial charge in [-0.25, -0.2) is 18.3 Å². The summed E-state index contributed by atoms with van der Waals surface area (Å²) < 4.78 is 246. The molecule has 16 bridgehead atoms. The first kappa shape index (κ1) is 64.3. The minimum absolute atomic E-state index is 0.832. The van der Waals surface area contributed by atoms with Gasteiger partial charge in [0.15, 0.2) is 75.8 Å². The number of nitrogens with zero attached hydrogens (tertiary/aromatic N) is 4. The Bertz CT molecular complexity index is 2720. The number of pyridine rings is 4. The molecule has 0 saturated heterocycles. The summed E-state index contributed by atoms with van der Waals surface area (Å²) in [6, 6.07) is 53.4. The van der Waals surface area contributed by atoms with E-state index in [0.717, 1.165) is 26.2 Å². The van der Waals surface area contributed by atoms with Gasteiger partial charge in [-0.3, -0.25) is 0 Å². The first-order chi connectivity index (χ1) is 35.5. The molecule has 4 nitrogen and oxygen atoms in total. The van der Waals surface area contributed by atoms with E-state index < -0.39 is 31.2 Å². The molecule has 0 radical (unpaired) electrons. The molecular weight excluding hydrogens is 1210 g/mol. The normalized spacial score (nSPS) is 16.1. The van der Waals surface area contributed by atoms with Crippen molar-refractivity contribution in [2.45, 2.75) is 26.2 Å². The molecule has 440 valence electrons. The van der Waals surface area contributed by atoms with E-state index >= 15 is 0 Å². The summed E-state index contributed by atoms with van der Waals surface area (Å²) >= 11 is 0. The topological polar surface area (TPSA) is 15.5 Å². The Morgan fingerprint density at radius 3 is 0.388 bits per heavy atom. The minimum Gasteiger partial charge on any atom is -0.201 e. The van der Waals surface area contributed by atoms with Crippen LogP contribution in [0.2, 0.25) is 0 Å². The van der Waals surface area contributed by atoms with E-state index in [1.807, 2.05) is 0 Å². The summed E-state index contributed by atoms with van der Waals surface area (Å²) in [5.74, 6) is 0. The molecule has 22 aliphatic rings. The van der Waals surface area contributed by atoms with Crippen molar-refractivity contribution in [2.75, 3.05) is 0 Å². The van der Waals surface area contributed by atoms with Crippen LogP contribution in [0.15, 0.2) is 195 Å². The Kier molecular flexibility index (Phi) is 15.8. The van der Waals surface area contributed by atoms with Crippen LogP contribution in [-0.2, 0) is 26.2 Å². The predicted octanol–water partition coefficient (Wildman–Crippen LogP) is 21.5. The zero-order valence-electron chi connectivity index (χ0n) is 40.0. The van der Waals surface area contributed by atoms with E-state index in [9.17, 15) is 101 Å². The van der Waals surface area contributed by atoms with Crippen molar-refractivity contribution >= 4 is 31.2 Å². The minimum atomic E-state index is -10.7. The van der Waals surface area contributed by atoms with Crippen LogP contribution in [0.25, 0.3) is 44.5 Å². The molecule has 4 aromatic heterocycles. The smallest absolute Gasteiger partial charge is 0.173 e. The molecule has 0 atom stereocenters. The second-order valence-corrected chi connectivity index (χ2v) is 25.3. The molecule has 0 N–H and O–H groups in total. The van der Waals surface area contributed by atoms with Gasteiger partial charge in [-0.15, -0.1) is 0 Å². The average Bonchev–Trinajstić information content (AvgIpc) is 3.27. The Balaban J connectivity index is 0.000000346. The number of hydrogen-bond acceptors (Lipinski definition) is 0. The van der Waals surface area contributed by atoms with E-state index in [4.69, 9.17) is 0 Å². The average molecular weight is 1250 g/mol. The van der Waals surface area contributed by atoms with E-state index in [-0.39, 0.29) is 0 Å². The molecule has 30 rings (SSSR count). The molecule has 8 aromatic rings. The van der Waals surface area contributed by atoms with Gasteiger partial charge in [0.25, 0.3) is 0 Å². The molecule has 80 heavy (non-hydrogen) atoms. The maximum absolute atomic E-state index is 10.7. The van der Waals surface area contributed by atoms with Crippen LogP contribution < -0.4 is 18.3 Å². The monoisotopic (exact) mass is 1250 g/mol. The van der Waals surface area contributed by atoms with Crippen LogP contribution in [0.4, 0.5) is 101 Å². The molecule has 32 heteroatoms. The molecule has 0 saturated carbocycles. The number of rotatable bonds is 0. The van der Waals surface area contributed by atoms with E-state index in [2.05, 4.69) is 213 Å². The Labute approximate surface area is 437 Å². The predicted molar refractivity (Wildman–Crippen MR) is 259 cm³/mol. The Morgan fingerprint density at radius 1 is 0.175 bits per heavy atom. The van der Waals surface area contributed by atoms with Gasteiger partial charge in [-0.2, -0.15) is 0 Å². The summed E-state index contributed by atoms with van der Waals surface area (Å²) in [4.78, 5) is 0. The zero-order chi connectivity index (χ0) is 60.3. The van der Waals surface area contributed by atoms with Crippen molar-refractivity contribution in [1.82, 2.24) is 0 Å². The Morgan fingerprint density at radius 2 is 0.275 bits per heavy atom. The molecule has 22 aliphatic heterocycles. The van der Waals surface area contributed by atoms with Crippen molar-refractivity contribution < 1.29 is 119 Å². The van der Waals surface area contributed by atoms with Crippen LogP contribution >= 0.6 is 31.2 Å². The molecule has 4 aromatic carbocycles. The fraction of sp³-hybridized carbons (Fsp3) is 0.0833. The van der Waals surface area contributed by atoms with Crippen LogP contribution in [0.5, 0.6) is 0 Å². The summed E-state index contributed by atoms with van der Waals surface area (Å²) in [6.45, 7) is 3.33. The fourth-order valence-corrected chi connectivity index (χ4v) is 7.07. The number of hydrogen-bond donors (Lipinski definition) is 0.